The van der Waals surface area contributed by atoms with E-state index in [9.17, 15) is 14.7 Å². The molecule has 0 unspecified atom stereocenters. The first-order chi connectivity index (χ1) is 7.24. The van der Waals surface area contributed by atoms with Crippen molar-refractivity contribution >= 4 is 11.9 Å². The number of nitrogens with one attached hydrogen (secondary N) is 1. The maximum atomic E-state index is 11.6. The summed E-state index contributed by atoms with van der Waals surface area (Å²) in [5.41, 5.74) is -1.38. The maximum Gasteiger partial charge on any atom is 0.334 e. The summed E-state index contributed by atoms with van der Waals surface area (Å²) in [5, 5.41) is 12.4. The van der Waals surface area contributed by atoms with Crippen LogP contribution in [0.25, 0.3) is 0 Å². The molecule has 0 aliphatic rings. The predicted octanol–water partition coefficient (Wildman–Crippen LogP) is 0.461. The molecule has 5 heteroatoms. The van der Waals surface area contributed by atoms with Crippen molar-refractivity contribution < 1.29 is 19.4 Å². The Kier molecular flexibility index (Phi) is 5.44. The minimum atomic E-state index is -1.38. The van der Waals surface area contributed by atoms with E-state index in [2.05, 4.69) is 10.1 Å². The zero-order valence-electron chi connectivity index (χ0n) is 10.5. The van der Waals surface area contributed by atoms with Gasteiger partial charge in [0, 0.05) is 6.92 Å². The van der Waals surface area contributed by atoms with Gasteiger partial charge in [-0.05, 0) is 19.3 Å². The summed E-state index contributed by atoms with van der Waals surface area (Å²) in [6, 6.07) is 0. The lowest BCUT2D eigenvalue weighted by molar-refractivity contribution is -0.155. The molecule has 0 heterocycles. The third-order valence-electron chi connectivity index (χ3n) is 2.41. The minimum Gasteiger partial charge on any atom is -0.467 e. The molecule has 0 rings (SSSR count). The molecule has 0 radical (unpaired) electrons. The summed E-state index contributed by atoms with van der Waals surface area (Å²) >= 11 is 0. The second-order valence-corrected chi connectivity index (χ2v) is 4.52. The van der Waals surface area contributed by atoms with Gasteiger partial charge in [0.15, 0.2) is 5.54 Å². The molecule has 16 heavy (non-hydrogen) atoms. The number of hydrogen-bond donors (Lipinski definition) is 2. The van der Waals surface area contributed by atoms with Gasteiger partial charge in [0.25, 0.3) is 0 Å². The van der Waals surface area contributed by atoms with Crippen LogP contribution in [-0.4, -0.2) is 35.7 Å². The SMILES string of the molecule is COC(=O)[C@@](C)(NC(C)=O)[C@@H](O)CC(C)C. The Morgan fingerprint density at radius 3 is 2.25 bits per heavy atom. The Morgan fingerprint density at radius 1 is 1.44 bits per heavy atom. The number of amides is 1. The van der Waals surface area contributed by atoms with E-state index in [0.29, 0.717) is 6.42 Å². The van der Waals surface area contributed by atoms with Gasteiger partial charge in [-0.1, -0.05) is 13.8 Å². The van der Waals surface area contributed by atoms with Gasteiger partial charge in [-0.25, -0.2) is 4.79 Å². The molecule has 94 valence electrons. The third kappa shape index (κ3) is 3.81. The molecule has 0 aromatic rings. The van der Waals surface area contributed by atoms with Crippen molar-refractivity contribution in [3.63, 3.8) is 0 Å². The normalized spacial score (nSPS) is 16.4. The molecule has 0 fully saturated rings. The molecule has 0 saturated carbocycles. The molecule has 0 bridgehead atoms. The number of ether oxygens (including phenoxy) is 1. The van der Waals surface area contributed by atoms with Crippen LogP contribution in [0.15, 0.2) is 0 Å². The number of carbonyl (C=O) groups excluding carboxylic acids is 2. The van der Waals surface area contributed by atoms with Gasteiger partial charge in [0.05, 0.1) is 13.2 Å². The highest BCUT2D eigenvalue weighted by Gasteiger charge is 2.42. The van der Waals surface area contributed by atoms with E-state index in [1.54, 1.807) is 0 Å². The average molecular weight is 231 g/mol. The van der Waals surface area contributed by atoms with Gasteiger partial charge in [-0.2, -0.15) is 0 Å². The summed E-state index contributed by atoms with van der Waals surface area (Å²) < 4.78 is 4.61. The fourth-order valence-corrected chi connectivity index (χ4v) is 1.53. The topological polar surface area (TPSA) is 75.6 Å². The number of esters is 1. The zero-order valence-corrected chi connectivity index (χ0v) is 10.5. The lowest BCUT2D eigenvalue weighted by Crippen LogP contribution is -2.60. The van der Waals surface area contributed by atoms with Gasteiger partial charge in [-0.15, -0.1) is 0 Å². The molecule has 0 spiro atoms. The summed E-state index contributed by atoms with van der Waals surface area (Å²) in [7, 11) is 1.23. The number of aliphatic hydroxyl groups excluding tert-OH is 1. The molecule has 2 atom stereocenters. The largest absolute Gasteiger partial charge is 0.467 e. The van der Waals surface area contributed by atoms with E-state index < -0.39 is 17.6 Å². The monoisotopic (exact) mass is 231 g/mol. The molecule has 0 saturated heterocycles. The molecule has 1 amide bonds. The lowest BCUT2D eigenvalue weighted by Gasteiger charge is -2.33. The molecule has 0 aliphatic heterocycles. The van der Waals surface area contributed by atoms with Gasteiger partial charge in [0.1, 0.15) is 0 Å². The highest BCUT2D eigenvalue weighted by atomic mass is 16.5. The Hall–Kier alpha value is -1.10. The molecular weight excluding hydrogens is 210 g/mol. The van der Waals surface area contributed by atoms with Crippen molar-refractivity contribution in [2.75, 3.05) is 7.11 Å². The number of methoxy groups -OCH3 is 1. The van der Waals surface area contributed by atoms with E-state index >= 15 is 0 Å². The van der Waals surface area contributed by atoms with E-state index in [-0.39, 0.29) is 11.8 Å². The second kappa shape index (κ2) is 5.84. The average Bonchev–Trinajstić information content (AvgIpc) is 2.14. The summed E-state index contributed by atoms with van der Waals surface area (Å²) in [6.07, 6.45) is -0.560. The quantitative estimate of drug-likeness (QED) is 0.674. The standard InChI is InChI=1S/C11H21NO4/c1-7(2)6-9(14)11(4,10(15)16-5)12-8(3)13/h7,9,14H,6H2,1-5H3,(H,12,13)/t9-,11-/m0/s1. The zero-order chi connectivity index (χ0) is 12.9. The summed E-state index contributed by atoms with van der Waals surface area (Å²) in [4.78, 5) is 22.6. The van der Waals surface area contributed by atoms with Crippen LogP contribution < -0.4 is 5.32 Å². The number of aliphatic hydroxyl groups is 1. The van der Waals surface area contributed by atoms with E-state index in [1.165, 1.54) is 21.0 Å². The van der Waals surface area contributed by atoms with Gasteiger partial charge in [0.2, 0.25) is 5.91 Å². The Morgan fingerprint density at radius 2 is 1.94 bits per heavy atom. The van der Waals surface area contributed by atoms with E-state index in [1.807, 2.05) is 13.8 Å². The summed E-state index contributed by atoms with van der Waals surface area (Å²) in [5.74, 6) is -0.806. The van der Waals surface area contributed by atoms with Crippen LogP contribution in [0.5, 0.6) is 0 Å². The Balaban J connectivity index is 4.90. The van der Waals surface area contributed by atoms with Crippen LogP contribution in [0.2, 0.25) is 0 Å². The van der Waals surface area contributed by atoms with Gasteiger partial charge < -0.3 is 15.2 Å². The molecule has 0 aromatic carbocycles. The Bertz CT molecular complexity index is 265. The van der Waals surface area contributed by atoms with Crippen LogP contribution in [0.1, 0.15) is 34.1 Å². The fraction of sp³-hybridized carbons (Fsp3) is 0.818. The first kappa shape index (κ1) is 14.9. The molecular formula is C11H21NO4. The minimum absolute atomic E-state index is 0.215. The van der Waals surface area contributed by atoms with Gasteiger partial charge in [-0.3, -0.25) is 4.79 Å². The molecule has 0 aliphatic carbocycles. The van der Waals surface area contributed by atoms with Crippen LogP contribution in [0, 0.1) is 5.92 Å². The first-order valence-corrected chi connectivity index (χ1v) is 5.29. The maximum absolute atomic E-state index is 11.6. The number of hydrogen-bond acceptors (Lipinski definition) is 4. The van der Waals surface area contributed by atoms with Crippen LogP contribution in [-0.2, 0) is 14.3 Å². The Labute approximate surface area is 96.2 Å². The third-order valence-corrected chi connectivity index (χ3v) is 2.41. The van der Waals surface area contributed by atoms with Crippen molar-refractivity contribution in [1.29, 1.82) is 0 Å². The predicted molar refractivity (Wildman–Crippen MR) is 59.7 cm³/mol. The lowest BCUT2D eigenvalue weighted by atomic mass is 9.88. The smallest absolute Gasteiger partial charge is 0.334 e. The van der Waals surface area contributed by atoms with E-state index in [0.717, 1.165) is 0 Å². The molecule has 0 aromatic heterocycles. The van der Waals surface area contributed by atoms with Crippen LogP contribution in [0.3, 0.4) is 0 Å². The van der Waals surface area contributed by atoms with Crippen molar-refractivity contribution in [3.05, 3.63) is 0 Å². The highest BCUT2D eigenvalue weighted by molar-refractivity contribution is 5.87. The van der Waals surface area contributed by atoms with Crippen molar-refractivity contribution in [1.82, 2.24) is 5.32 Å². The summed E-state index contributed by atoms with van der Waals surface area (Å²) in [6.45, 7) is 6.61. The van der Waals surface area contributed by atoms with Gasteiger partial charge >= 0.3 is 5.97 Å². The molecule has 5 nitrogen and oxygen atoms in total. The fourth-order valence-electron chi connectivity index (χ4n) is 1.53. The number of rotatable bonds is 5. The molecule has 2 N–H and O–H groups in total. The van der Waals surface area contributed by atoms with Crippen LogP contribution >= 0.6 is 0 Å². The van der Waals surface area contributed by atoms with E-state index in [4.69, 9.17) is 0 Å². The first-order valence-electron chi connectivity index (χ1n) is 5.29. The van der Waals surface area contributed by atoms with Crippen molar-refractivity contribution in [2.24, 2.45) is 5.92 Å². The van der Waals surface area contributed by atoms with Crippen LogP contribution in [0.4, 0.5) is 0 Å². The number of carbonyl (C=O) groups is 2. The van der Waals surface area contributed by atoms with Crippen molar-refractivity contribution in [2.45, 2.75) is 45.8 Å². The second-order valence-electron chi connectivity index (χ2n) is 4.52. The van der Waals surface area contributed by atoms with Crippen molar-refractivity contribution in [3.8, 4) is 0 Å². The highest BCUT2D eigenvalue weighted by Crippen LogP contribution is 2.19.